The van der Waals surface area contributed by atoms with E-state index in [0.29, 0.717) is 32.5 Å². The van der Waals surface area contributed by atoms with Gasteiger partial charge in [0.05, 0.1) is 0 Å². The molecule has 4 rings (SSSR count). The molecule has 1 aliphatic heterocycles. The number of hydrogen-bond donors (Lipinski definition) is 1. The number of rotatable bonds is 7. The third-order valence-corrected chi connectivity index (χ3v) is 6.05. The van der Waals surface area contributed by atoms with Crippen molar-refractivity contribution < 1.29 is 9.59 Å². The predicted molar refractivity (Wildman–Crippen MR) is 115 cm³/mol. The lowest BCUT2D eigenvalue weighted by Gasteiger charge is -2.37. The van der Waals surface area contributed by atoms with Gasteiger partial charge in [-0.05, 0) is 43.4 Å². The van der Waals surface area contributed by atoms with Crippen molar-refractivity contribution in [2.45, 2.75) is 25.7 Å². The molecule has 29 heavy (non-hydrogen) atoms. The SMILES string of the molecule is O=C(NCCCc1ccccc1)C1(C(=O)N2CCN(c3ccccc3)CC2)CC1. The smallest absolute Gasteiger partial charge is 0.238 e. The molecule has 0 aromatic heterocycles. The molecule has 5 nitrogen and oxygen atoms in total. The maximum atomic E-state index is 13.1. The average molecular weight is 392 g/mol. The van der Waals surface area contributed by atoms with Gasteiger partial charge in [0.1, 0.15) is 5.41 Å². The molecule has 0 spiro atoms. The summed E-state index contributed by atoms with van der Waals surface area (Å²) < 4.78 is 0. The third kappa shape index (κ3) is 4.44. The average Bonchev–Trinajstić information content (AvgIpc) is 3.60. The van der Waals surface area contributed by atoms with Gasteiger partial charge >= 0.3 is 0 Å². The highest BCUT2D eigenvalue weighted by molar-refractivity contribution is 6.07. The fourth-order valence-electron chi connectivity index (χ4n) is 4.08. The minimum Gasteiger partial charge on any atom is -0.368 e. The number of nitrogens with one attached hydrogen (secondary N) is 1. The first-order chi connectivity index (χ1) is 14.2. The Balaban J connectivity index is 1.24. The van der Waals surface area contributed by atoms with Crippen molar-refractivity contribution in [1.82, 2.24) is 10.2 Å². The number of piperazine rings is 1. The van der Waals surface area contributed by atoms with E-state index in [9.17, 15) is 9.59 Å². The van der Waals surface area contributed by atoms with Gasteiger partial charge in [0.25, 0.3) is 0 Å². The molecule has 0 unspecified atom stereocenters. The van der Waals surface area contributed by atoms with E-state index in [2.05, 4.69) is 34.5 Å². The Morgan fingerprint density at radius 2 is 1.48 bits per heavy atom. The third-order valence-electron chi connectivity index (χ3n) is 6.05. The van der Waals surface area contributed by atoms with Crippen molar-refractivity contribution in [1.29, 1.82) is 0 Å². The van der Waals surface area contributed by atoms with Crippen LogP contribution in [0, 0.1) is 5.41 Å². The number of nitrogens with zero attached hydrogens (tertiary/aromatic N) is 2. The number of anilines is 1. The molecule has 2 aromatic carbocycles. The second kappa shape index (κ2) is 8.68. The van der Waals surface area contributed by atoms with Crippen LogP contribution in [0.15, 0.2) is 60.7 Å². The summed E-state index contributed by atoms with van der Waals surface area (Å²) in [7, 11) is 0. The van der Waals surface area contributed by atoms with E-state index in [1.54, 1.807) is 0 Å². The van der Waals surface area contributed by atoms with Gasteiger partial charge in [0.15, 0.2) is 0 Å². The molecule has 152 valence electrons. The normalized spacial score (nSPS) is 17.7. The van der Waals surface area contributed by atoms with Gasteiger partial charge in [-0.2, -0.15) is 0 Å². The van der Waals surface area contributed by atoms with Crippen LogP contribution in [0.4, 0.5) is 5.69 Å². The Kier molecular flexibility index (Phi) is 5.84. The van der Waals surface area contributed by atoms with E-state index in [1.807, 2.05) is 41.3 Å². The number of amides is 2. The highest BCUT2D eigenvalue weighted by Crippen LogP contribution is 2.47. The lowest BCUT2D eigenvalue weighted by Crippen LogP contribution is -2.53. The van der Waals surface area contributed by atoms with Crippen LogP contribution in [0.2, 0.25) is 0 Å². The zero-order valence-electron chi connectivity index (χ0n) is 16.8. The fraction of sp³-hybridized carbons (Fsp3) is 0.417. The Morgan fingerprint density at radius 1 is 0.862 bits per heavy atom. The van der Waals surface area contributed by atoms with Crippen molar-refractivity contribution in [2.24, 2.45) is 5.41 Å². The van der Waals surface area contributed by atoms with Gasteiger partial charge in [0.2, 0.25) is 11.8 Å². The Bertz CT molecular complexity index is 826. The summed E-state index contributed by atoms with van der Waals surface area (Å²) in [6.45, 7) is 3.59. The summed E-state index contributed by atoms with van der Waals surface area (Å²) in [5.74, 6) is -0.0631. The molecule has 0 bridgehead atoms. The number of carbonyl (C=O) groups is 2. The molecule has 2 fully saturated rings. The number of benzene rings is 2. The topological polar surface area (TPSA) is 52.7 Å². The van der Waals surface area contributed by atoms with Crippen molar-refractivity contribution in [3.05, 3.63) is 66.2 Å². The zero-order chi connectivity index (χ0) is 20.1. The molecular formula is C24H29N3O2. The Labute approximate surface area is 172 Å². The van der Waals surface area contributed by atoms with Crippen molar-refractivity contribution in [2.75, 3.05) is 37.6 Å². The van der Waals surface area contributed by atoms with Crippen LogP contribution in [0.1, 0.15) is 24.8 Å². The van der Waals surface area contributed by atoms with Gasteiger partial charge in [-0.1, -0.05) is 48.5 Å². The number of para-hydroxylation sites is 1. The van der Waals surface area contributed by atoms with E-state index >= 15 is 0 Å². The Morgan fingerprint density at radius 3 is 2.10 bits per heavy atom. The summed E-state index contributed by atoms with van der Waals surface area (Å²) in [6, 6.07) is 20.6. The molecule has 2 amide bonds. The number of carbonyl (C=O) groups excluding carboxylic acids is 2. The number of aryl methyl sites for hydroxylation is 1. The van der Waals surface area contributed by atoms with Gasteiger partial charge < -0.3 is 15.1 Å². The molecule has 2 aliphatic rings. The lowest BCUT2D eigenvalue weighted by molar-refractivity contribution is -0.144. The monoisotopic (exact) mass is 391 g/mol. The van der Waals surface area contributed by atoms with Crippen LogP contribution in [-0.2, 0) is 16.0 Å². The summed E-state index contributed by atoms with van der Waals surface area (Å²) >= 11 is 0. The summed E-state index contributed by atoms with van der Waals surface area (Å²) in [5, 5.41) is 3.01. The molecule has 2 aromatic rings. The molecular weight excluding hydrogens is 362 g/mol. The molecule has 1 N–H and O–H groups in total. The molecule has 1 saturated heterocycles. The van der Waals surface area contributed by atoms with Crippen LogP contribution < -0.4 is 10.2 Å². The second-order valence-corrected chi connectivity index (χ2v) is 8.04. The Hall–Kier alpha value is -2.82. The molecule has 1 saturated carbocycles. The highest BCUT2D eigenvalue weighted by Gasteiger charge is 2.58. The molecule has 0 atom stereocenters. The van der Waals surface area contributed by atoms with E-state index in [-0.39, 0.29) is 11.8 Å². The maximum absolute atomic E-state index is 13.1. The molecule has 1 heterocycles. The van der Waals surface area contributed by atoms with E-state index in [4.69, 9.17) is 0 Å². The molecule has 0 radical (unpaired) electrons. The maximum Gasteiger partial charge on any atom is 0.238 e. The summed E-state index contributed by atoms with van der Waals surface area (Å²) in [6.07, 6.45) is 3.17. The first-order valence-electron chi connectivity index (χ1n) is 10.6. The van der Waals surface area contributed by atoms with Gasteiger partial charge in [0, 0.05) is 38.4 Å². The molecule has 1 aliphatic carbocycles. The molecule has 5 heteroatoms. The van der Waals surface area contributed by atoms with Gasteiger partial charge in [-0.3, -0.25) is 9.59 Å². The summed E-state index contributed by atoms with van der Waals surface area (Å²) in [5.41, 5.74) is 1.66. The standard InChI is InChI=1S/C24H29N3O2/c28-22(25-15-7-10-20-8-3-1-4-9-20)24(13-14-24)23(29)27-18-16-26(17-19-27)21-11-5-2-6-12-21/h1-6,8-9,11-12H,7,10,13-19H2,(H,25,28). The largest absolute Gasteiger partial charge is 0.368 e. The predicted octanol–water partition coefficient (Wildman–Crippen LogP) is 2.86. The van der Waals surface area contributed by atoms with Gasteiger partial charge in [-0.25, -0.2) is 0 Å². The fourth-order valence-corrected chi connectivity index (χ4v) is 4.08. The zero-order valence-corrected chi connectivity index (χ0v) is 16.8. The first-order valence-corrected chi connectivity index (χ1v) is 10.6. The van der Waals surface area contributed by atoms with E-state index in [1.165, 1.54) is 11.3 Å². The van der Waals surface area contributed by atoms with E-state index in [0.717, 1.165) is 25.9 Å². The summed E-state index contributed by atoms with van der Waals surface area (Å²) in [4.78, 5) is 30.0. The van der Waals surface area contributed by atoms with Gasteiger partial charge in [-0.15, -0.1) is 0 Å². The minimum atomic E-state index is -0.804. The highest BCUT2D eigenvalue weighted by atomic mass is 16.2. The van der Waals surface area contributed by atoms with Crippen LogP contribution in [0.3, 0.4) is 0 Å². The number of hydrogen-bond acceptors (Lipinski definition) is 3. The van der Waals surface area contributed by atoms with Crippen LogP contribution in [0.5, 0.6) is 0 Å². The van der Waals surface area contributed by atoms with Crippen LogP contribution >= 0.6 is 0 Å². The quantitative estimate of drug-likeness (QED) is 0.583. The lowest BCUT2D eigenvalue weighted by atomic mass is 10.0. The van der Waals surface area contributed by atoms with Crippen LogP contribution in [0.25, 0.3) is 0 Å². The van der Waals surface area contributed by atoms with Crippen molar-refractivity contribution in [3.63, 3.8) is 0 Å². The minimum absolute atomic E-state index is 0.0192. The van der Waals surface area contributed by atoms with Crippen molar-refractivity contribution in [3.8, 4) is 0 Å². The first kappa shape index (κ1) is 19.5. The van der Waals surface area contributed by atoms with E-state index < -0.39 is 5.41 Å². The van der Waals surface area contributed by atoms with Crippen LogP contribution in [-0.4, -0.2) is 49.4 Å². The second-order valence-electron chi connectivity index (χ2n) is 8.04. The van der Waals surface area contributed by atoms with Crippen molar-refractivity contribution >= 4 is 17.5 Å².